The molecule has 0 radical (unpaired) electrons. The Morgan fingerprint density at radius 1 is 0.972 bits per heavy atom. The maximum absolute atomic E-state index is 13.2. The van der Waals surface area contributed by atoms with Crippen LogP contribution in [0.15, 0.2) is 60.7 Å². The highest BCUT2D eigenvalue weighted by molar-refractivity contribution is 5.86. The number of piperidine rings is 1. The van der Waals surface area contributed by atoms with Crippen LogP contribution < -0.4 is 10.2 Å². The summed E-state index contributed by atoms with van der Waals surface area (Å²) in [5, 5.41) is 13.8. The molecule has 0 unspecified atom stereocenters. The van der Waals surface area contributed by atoms with E-state index in [1.807, 2.05) is 36.4 Å². The zero-order valence-electron chi connectivity index (χ0n) is 21.1. The van der Waals surface area contributed by atoms with Crippen LogP contribution in [-0.4, -0.2) is 59.7 Å². The number of aromatic hydroxyl groups is 1. The van der Waals surface area contributed by atoms with Gasteiger partial charge in [0.2, 0.25) is 5.91 Å². The Labute approximate surface area is 214 Å². The van der Waals surface area contributed by atoms with Gasteiger partial charge in [-0.05, 0) is 86.7 Å². The van der Waals surface area contributed by atoms with Crippen molar-refractivity contribution < 1.29 is 9.90 Å². The van der Waals surface area contributed by atoms with Gasteiger partial charge in [0.25, 0.3) is 0 Å². The number of pyridine rings is 1. The molecule has 2 aromatic carbocycles. The van der Waals surface area contributed by atoms with Crippen molar-refractivity contribution in [3.05, 3.63) is 66.2 Å². The first-order valence-electron chi connectivity index (χ1n) is 13.2. The van der Waals surface area contributed by atoms with Gasteiger partial charge in [0.15, 0.2) is 0 Å². The summed E-state index contributed by atoms with van der Waals surface area (Å²) >= 11 is 0. The highest BCUT2D eigenvalue weighted by Crippen LogP contribution is 2.36. The van der Waals surface area contributed by atoms with E-state index in [4.69, 9.17) is 4.98 Å². The Balaban J connectivity index is 1.42. The highest BCUT2D eigenvalue weighted by Gasteiger charge is 2.32. The first-order chi connectivity index (χ1) is 17.6. The summed E-state index contributed by atoms with van der Waals surface area (Å²) in [5.41, 5.74) is 4.73. The smallest absolute Gasteiger partial charge is 0.242 e. The van der Waals surface area contributed by atoms with Crippen LogP contribution in [0.3, 0.4) is 0 Å². The molecule has 5 rings (SSSR count). The molecule has 1 amide bonds. The number of anilines is 1. The summed E-state index contributed by atoms with van der Waals surface area (Å²) in [6.45, 7) is 6.75. The van der Waals surface area contributed by atoms with E-state index in [2.05, 4.69) is 40.2 Å². The Hall–Kier alpha value is -3.38. The van der Waals surface area contributed by atoms with Crippen LogP contribution in [0.1, 0.15) is 37.7 Å². The summed E-state index contributed by atoms with van der Waals surface area (Å²) in [5.74, 6) is 1.06. The Morgan fingerprint density at radius 3 is 2.50 bits per heavy atom. The van der Waals surface area contributed by atoms with Crippen LogP contribution in [-0.2, 0) is 4.79 Å². The summed E-state index contributed by atoms with van der Waals surface area (Å²) in [6, 6.07) is 19.5. The van der Waals surface area contributed by atoms with E-state index in [1.54, 1.807) is 6.07 Å². The molecule has 188 valence electrons. The molecule has 6 nitrogen and oxygen atoms in total. The number of phenolic OH excluding ortho intramolecular Hbond substituents is 1. The Bertz CT molecular complexity index is 1140. The van der Waals surface area contributed by atoms with E-state index < -0.39 is 0 Å². The number of aromatic nitrogens is 1. The minimum atomic E-state index is -0.233. The van der Waals surface area contributed by atoms with Gasteiger partial charge in [0.1, 0.15) is 17.6 Å². The van der Waals surface area contributed by atoms with Gasteiger partial charge in [-0.25, -0.2) is 4.98 Å². The number of carbonyl (C=O) groups excluding carboxylic acids is 1. The van der Waals surface area contributed by atoms with Gasteiger partial charge in [-0.15, -0.1) is 0 Å². The predicted octanol–water partition coefficient (Wildman–Crippen LogP) is 5.00. The fourth-order valence-corrected chi connectivity index (χ4v) is 5.50. The molecule has 2 aliphatic heterocycles. The van der Waals surface area contributed by atoms with E-state index in [1.165, 1.54) is 24.8 Å². The van der Waals surface area contributed by atoms with Crippen molar-refractivity contribution in [2.24, 2.45) is 0 Å². The van der Waals surface area contributed by atoms with Crippen LogP contribution in [0.2, 0.25) is 0 Å². The highest BCUT2D eigenvalue weighted by atomic mass is 16.3. The zero-order chi connectivity index (χ0) is 24.9. The third-order valence-electron chi connectivity index (χ3n) is 7.47. The third-order valence-corrected chi connectivity index (χ3v) is 7.47. The molecule has 0 spiro atoms. The van der Waals surface area contributed by atoms with E-state index in [9.17, 15) is 9.90 Å². The minimum Gasteiger partial charge on any atom is -0.507 e. The van der Waals surface area contributed by atoms with Gasteiger partial charge in [-0.2, -0.15) is 0 Å². The standard InChI is InChI=1S/C30H36N4O2/c1-22-10-3-4-11-24(22)23-20-26(25-12-5-6-14-28(25)35)32-29(21-23)34-18-9-13-27(34)30(36)31-15-19-33-16-7-2-8-17-33/h3-6,10-12,14,20-21,27,35H,2,7-9,13,15-19H2,1H3,(H,31,36)/t27-/m0/s1. The molecule has 3 heterocycles. The average molecular weight is 485 g/mol. The molecule has 0 bridgehead atoms. The molecule has 2 saturated heterocycles. The van der Waals surface area contributed by atoms with Crippen molar-refractivity contribution in [1.82, 2.24) is 15.2 Å². The quantitative estimate of drug-likeness (QED) is 0.494. The van der Waals surface area contributed by atoms with Gasteiger partial charge in [0, 0.05) is 25.2 Å². The number of nitrogens with zero attached hydrogens (tertiary/aromatic N) is 3. The topological polar surface area (TPSA) is 68.7 Å². The van der Waals surface area contributed by atoms with Gasteiger partial charge in [-0.1, -0.05) is 42.8 Å². The number of amides is 1. The van der Waals surface area contributed by atoms with Gasteiger partial charge < -0.3 is 20.2 Å². The van der Waals surface area contributed by atoms with Crippen LogP contribution in [0.4, 0.5) is 5.82 Å². The molecule has 2 N–H and O–H groups in total. The number of carbonyl (C=O) groups is 1. The van der Waals surface area contributed by atoms with E-state index >= 15 is 0 Å². The summed E-state index contributed by atoms with van der Waals surface area (Å²) in [7, 11) is 0. The first kappa shape index (κ1) is 24.3. The van der Waals surface area contributed by atoms with E-state index in [0.29, 0.717) is 17.8 Å². The van der Waals surface area contributed by atoms with Crippen LogP contribution in [0.5, 0.6) is 5.75 Å². The van der Waals surface area contributed by atoms with Crippen LogP contribution >= 0.6 is 0 Å². The van der Waals surface area contributed by atoms with Crippen molar-refractivity contribution in [3.63, 3.8) is 0 Å². The number of hydrogen-bond donors (Lipinski definition) is 2. The maximum Gasteiger partial charge on any atom is 0.242 e. The molecule has 0 saturated carbocycles. The average Bonchev–Trinajstić information content (AvgIpc) is 3.40. The summed E-state index contributed by atoms with van der Waals surface area (Å²) < 4.78 is 0. The first-order valence-corrected chi connectivity index (χ1v) is 13.2. The lowest BCUT2D eigenvalue weighted by Crippen LogP contribution is -2.46. The number of aryl methyl sites for hydroxylation is 1. The zero-order valence-corrected chi connectivity index (χ0v) is 21.1. The molecule has 6 heteroatoms. The molecule has 1 atom stereocenters. The Kier molecular flexibility index (Phi) is 7.52. The number of nitrogens with one attached hydrogen (secondary N) is 1. The van der Waals surface area contributed by atoms with Crippen molar-refractivity contribution >= 4 is 11.7 Å². The largest absolute Gasteiger partial charge is 0.507 e. The van der Waals surface area contributed by atoms with Crippen molar-refractivity contribution in [1.29, 1.82) is 0 Å². The number of likely N-dealkylation sites (tertiary alicyclic amines) is 1. The fraction of sp³-hybridized carbons (Fsp3) is 0.400. The second-order valence-corrected chi connectivity index (χ2v) is 9.98. The number of para-hydroxylation sites is 1. The van der Waals surface area contributed by atoms with Gasteiger partial charge in [-0.3, -0.25) is 4.79 Å². The number of benzene rings is 2. The third kappa shape index (κ3) is 5.39. The number of phenols is 1. The maximum atomic E-state index is 13.2. The van der Waals surface area contributed by atoms with E-state index in [-0.39, 0.29) is 17.7 Å². The van der Waals surface area contributed by atoms with Crippen LogP contribution in [0, 0.1) is 6.92 Å². The molecule has 36 heavy (non-hydrogen) atoms. The molecule has 2 aliphatic rings. The second-order valence-electron chi connectivity index (χ2n) is 9.98. The summed E-state index contributed by atoms with van der Waals surface area (Å²) in [4.78, 5) is 22.8. The monoisotopic (exact) mass is 484 g/mol. The van der Waals surface area contributed by atoms with Gasteiger partial charge in [0.05, 0.1) is 5.69 Å². The summed E-state index contributed by atoms with van der Waals surface area (Å²) in [6.07, 6.45) is 5.60. The predicted molar refractivity (Wildman–Crippen MR) is 145 cm³/mol. The molecular weight excluding hydrogens is 448 g/mol. The normalized spacial score (nSPS) is 18.4. The fourth-order valence-electron chi connectivity index (χ4n) is 5.50. The van der Waals surface area contributed by atoms with Gasteiger partial charge >= 0.3 is 0 Å². The lowest BCUT2D eigenvalue weighted by Gasteiger charge is -2.28. The van der Waals surface area contributed by atoms with Crippen molar-refractivity contribution in [2.45, 2.75) is 45.1 Å². The van der Waals surface area contributed by atoms with E-state index in [0.717, 1.165) is 56.0 Å². The molecule has 1 aromatic heterocycles. The van der Waals surface area contributed by atoms with Crippen LogP contribution in [0.25, 0.3) is 22.4 Å². The van der Waals surface area contributed by atoms with Crippen molar-refractivity contribution in [3.8, 4) is 28.1 Å². The number of rotatable bonds is 7. The lowest BCUT2D eigenvalue weighted by atomic mass is 9.99. The second kappa shape index (κ2) is 11.1. The molecule has 3 aromatic rings. The number of hydrogen-bond acceptors (Lipinski definition) is 5. The Morgan fingerprint density at radius 2 is 1.72 bits per heavy atom. The lowest BCUT2D eigenvalue weighted by molar-refractivity contribution is -0.122. The molecular formula is C30H36N4O2. The molecule has 2 fully saturated rings. The minimum absolute atomic E-state index is 0.0803. The molecule has 0 aliphatic carbocycles. The van der Waals surface area contributed by atoms with Crippen molar-refractivity contribution in [2.75, 3.05) is 37.6 Å². The SMILES string of the molecule is Cc1ccccc1-c1cc(-c2ccccc2O)nc(N2CCC[C@H]2C(=O)NCCN2CCCCC2)c1.